The van der Waals surface area contributed by atoms with Crippen molar-refractivity contribution in [1.82, 2.24) is 0 Å². The number of benzene rings is 2. The van der Waals surface area contributed by atoms with E-state index in [0.29, 0.717) is 34.6 Å². The predicted octanol–water partition coefficient (Wildman–Crippen LogP) is 5.60. The summed E-state index contributed by atoms with van der Waals surface area (Å²) in [6.45, 7) is 5.99. The van der Waals surface area contributed by atoms with Crippen molar-refractivity contribution in [3.63, 3.8) is 0 Å². The van der Waals surface area contributed by atoms with E-state index in [1.807, 2.05) is 20.8 Å². The Hall–Kier alpha value is -3.41. The first-order chi connectivity index (χ1) is 14.6. The number of carbonyl (C=O) groups is 1. The van der Waals surface area contributed by atoms with E-state index >= 15 is 0 Å². The first-order valence-electron chi connectivity index (χ1n) is 10.3. The topological polar surface area (TPSA) is 96.2 Å². The maximum absolute atomic E-state index is 12.8. The van der Waals surface area contributed by atoms with Gasteiger partial charge in [0.05, 0.1) is 17.5 Å². The van der Waals surface area contributed by atoms with Gasteiger partial charge in [-0.3, -0.25) is 4.79 Å². The Morgan fingerprint density at radius 3 is 2.61 bits per heavy atom. The Labute approximate surface area is 181 Å². The zero-order valence-electron chi connectivity index (χ0n) is 17.8. The number of carbonyl (C=O) groups excluding carboxylic acids is 1. The fourth-order valence-corrected chi connectivity index (χ4v) is 4.03. The van der Waals surface area contributed by atoms with Crippen LogP contribution in [0.2, 0.25) is 0 Å². The lowest BCUT2D eigenvalue weighted by molar-refractivity contribution is 0.0843. The van der Waals surface area contributed by atoms with E-state index in [0.717, 1.165) is 6.42 Å². The third kappa shape index (κ3) is 4.10. The van der Waals surface area contributed by atoms with Crippen molar-refractivity contribution in [2.45, 2.75) is 51.7 Å². The molecule has 0 bridgehead atoms. The number of allylic oxidation sites excluding steroid dienone is 2. The number of ketones is 1. The minimum Gasteiger partial charge on any atom is -0.508 e. The lowest BCUT2D eigenvalue weighted by Crippen LogP contribution is -2.33. The Bertz CT molecular complexity index is 1110. The van der Waals surface area contributed by atoms with Gasteiger partial charge in [0.25, 0.3) is 0 Å². The van der Waals surface area contributed by atoms with Crippen LogP contribution in [-0.4, -0.2) is 26.7 Å². The summed E-state index contributed by atoms with van der Waals surface area (Å²) < 4.78 is 12.3. The van der Waals surface area contributed by atoms with E-state index in [1.54, 1.807) is 18.2 Å². The molecule has 0 fully saturated rings. The summed E-state index contributed by atoms with van der Waals surface area (Å²) in [7, 11) is 0. The average Bonchev–Trinajstić information content (AvgIpc) is 2.66. The van der Waals surface area contributed by atoms with Crippen LogP contribution in [-0.2, 0) is 0 Å². The monoisotopic (exact) mass is 422 g/mol. The van der Waals surface area contributed by atoms with E-state index in [2.05, 4.69) is 6.08 Å². The molecule has 2 unspecified atom stereocenters. The number of phenols is 2. The second kappa shape index (κ2) is 7.69. The second-order valence-electron chi connectivity index (χ2n) is 8.59. The number of aliphatic hydroxyl groups is 1. The fourth-order valence-electron chi connectivity index (χ4n) is 4.03. The molecule has 162 valence electrons. The van der Waals surface area contributed by atoms with E-state index in [9.17, 15) is 20.1 Å². The standard InChI is InChI=1S/C25H26O6/c1-14(2)5-4-8-25(3)13-21(29)18-10-17-20(28)11-22(30-23(17)12-24(18)31-25)16-7-6-15(26)9-19(16)27/h5-7,9-10,12-13,22,26-27,29H,4,8,11H2,1-3H3. The van der Waals surface area contributed by atoms with Crippen molar-refractivity contribution in [2.75, 3.05) is 0 Å². The molecule has 2 atom stereocenters. The third-order valence-electron chi connectivity index (χ3n) is 5.64. The van der Waals surface area contributed by atoms with E-state index in [4.69, 9.17) is 9.47 Å². The Morgan fingerprint density at radius 1 is 1.13 bits per heavy atom. The summed E-state index contributed by atoms with van der Waals surface area (Å²) in [6.07, 6.45) is 4.65. The minimum absolute atomic E-state index is 0.0376. The number of Topliss-reactive ketones (excluding diaryl/α,β-unsaturated/α-hetero) is 1. The number of ether oxygens (including phenoxy) is 2. The largest absolute Gasteiger partial charge is 0.508 e. The lowest BCUT2D eigenvalue weighted by Gasteiger charge is -2.34. The molecule has 2 heterocycles. The van der Waals surface area contributed by atoms with E-state index in [-0.39, 0.29) is 29.5 Å². The van der Waals surface area contributed by atoms with E-state index in [1.165, 1.54) is 23.8 Å². The number of rotatable bonds is 4. The van der Waals surface area contributed by atoms with Crippen LogP contribution in [0.4, 0.5) is 0 Å². The molecule has 6 heteroatoms. The molecule has 0 amide bonds. The molecule has 4 rings (SSSR count). The van der Waals surface area contributed by atoms with Crippen LogP contribution in [0.3, 0.4) is 0 Å². The summed E-state index contributed by atoms with van der Waals surface area (Å²) in [5.74, 6) is 0.500. The number of aromatic hydroxyl groups is 2. The SMILES string of the molecule is CC(C)=CCCC1(C)C=C(O)c2cc3c(cc2O1)OC(c1ccc(O)cc1O)CC3=O. The van der Waals surface area contributed by atoms with Gasteiger partial charge in [0, 0.05) is 23.8 Å². The molecule has 31 heavy (non-hydrogen) atoms. The van der Waals surface area contributed by atoms with Gasteiger partial charge in [-0.2, -0.15) is 0 Å². The average molecular weight is 422 g/mol. The second-order valence-corrected chi connectivity index (χ2v) is 8.59. The maximum Gasteiger partial charge on any atom is 0.170 e. The molecule has 0 aromatic heterocycles. The maximum atomic E-state index is 12.8. The normalized spacial score (nSPS) is 21.8. The highest BCUT2D eigenvalue weighted by Crippen LogP contribution is 2.45. The van der Waals surface area contributed by atoms with Gasteiger partial charge in [-0.15, -0.1) is 0 Å². The van der Waals surface area contributed by atoms with Gasteiger partial charge in [0.1, 0.15) is 40.5 Å². The van der Waals surface area contributed by atoms with Crippen LogP contribution in [0.1, 0.15) is 67.6 Å². The van der Waals surface area contributed by atoms with Crippen LogP contribution < -0.4 is 9.47 Å². The number of hydrogen-bond donors (Lipinski definition) is 3. The van der Waals surface area contributed by atoms with Crippen molar-refractivity contribution in [3.8, 4) is 23.0 Å². The van der Waals surface area contributed by atoms with Gasteiger partial charge in [-0.1, -0.05) is 11.6 Å². The van der Waals surface area contributed by atoms with E-state index < -0.39 is 11.7 Å². The van der Waals surface area contributed by atoms with Gasteiger partial charge >= 0.3 is 0 Å². The smallest absolute Gasteiger partial charge is 0.170 e. The molecule has 0 aliphatic carbocycles. The molecule has 3 N–H and O–H groups in total. The van der Waals surface area contributed by atoms with Crippen LogP contribution in [0, 0.1) is 0 Å². The van der Waals surface area contributed by atoms with Gasteiger partial charge in [-0.05, 0) is 51.8 Å². The zero-order valence-corrected chi connectivity index (χ0v) is 17.8. The molecule has 0 spiro atoms. The van der Waals surface area contributed by atoms with Gasteiger partial charge in [0.15, 0.2) is 5.78 Å². The molecule has 2 aliphatic heterocycles. The quantitative estimate of drug-likeness (QED) is 0.555. The third-order valence-corrected chi connectivity index (χ3v) is 5.64. The number of aliphatic hydroxyl groups excluding tert-OH is 1. The van der Waals surface area contributed by atoms with Crippen molar-refractivity contribution >= 4 is 11.5 Å². The van der Waals surface area contributed by atoms with Crippen LogP contribution >= 0.6 is 0 Å². The molecule has 0 radical (unpaired) electrons. The van der Waals surface area contributed by atoms with Gasteiger partial charge < -0.3 is 24.8 Å². The van der Waals surface area contributed by atoms with Gasteiger partial charge in [-0.25, -0.2) is 0 Å². The van der Waals surface area contributed by atoms with Crippen molar-refractivity contribution in [1.29, 1.82) is 0 Å². The Kier molecular flexibility index (Phi) is 5.17. The molecule has 6 nitrogen and oxygen atoms in total. The molecule has 2 aromatic carbocycles. The van der Waals surface area contributed by atoms with Crippen LogP contribution in [0.5, 0.6) is 23.0 Å². The highest BCUT2D eigenvalue weighted by molar-refractivity contribution is 6.01. The molecule has 2 aliphatic rings. The summed E-state index contributed by atoms with van der Waals surface area (Å²) >= 11 is 0. The Balaban J connectivity index is 1.66. The highest BCUT2D eigenvalue weighted by Gasteiger charge is 2.35. The first kappa shape index (κ1) is 20.8. The number of fused-ring (bicyclic) bond motifs is 2. The van der Waals surface area contributed by atoms with Crippen molar-refractivity contribution in [3.05, 3.63) is 64.7 Å². The van der Waals surface area contributed by atoms with Crippen LogP contribution in [0.25, 0.3) is 5.76 Å². The van der Waals surface area contributed by atoms with Crippen LogP contribution in [0.15, 0.2) is 48.1 Å². The highest BCUT2D eigenvalue weighted by atomic mass is 16.5. The number of hydrogen-bond acceptors (Lipinski definition) is 6. The Morgan fingerprint density at radius 2 is 1.90 bits per heavy atom. The summed E-state index contributed by atoms with van der Waals surface area (Å²) in [5, 5.41) is 30.3. The minimum atomic E-state index is -0.690. The molecular weight excluding hydrogens is 396 g/mol. The molecule has 0 saturated carbocycles. The molecular formula is C25H26O6. The van der Waals surface area contributed by atoms with Crippen molar-refractivity contribution < 1.29 is 29.6 Å². The predicted molar refractivity (Wildman–Crippen MR) is 117 cm³/mol. The number of phenolic OH excluding ortho intramolecular Hbond substituents is 2. The van der Waals surface area contributed by atoms with Crippen molar-refractivity contribution in [2.24, 2.45) is 0 Å². The zero-order chi connectivity index (χ0) is 22.3. The summed E-state index contributed by atoms with van der Waals surface area (Å²) in [5.41, 5.74) is 1.78. The molecule has 0 saturated heterocycles. The first-order valence-corrected chi connectivity index (χ1v) is 10.3. The summed E-state index contributed by atoms with van der Waals surface area (Å²) in [4.78, 5) is 12.8. The lowest BCUT2D eigenvalue weighted by atomic mass is 9.90. The molecule has 2 aromatic rings. The fraction of sp³-hybridized carbons (Fsp3) is 0.320. The van der Waals surface area contributed by atoms with Gasteiger partial charge in [0.2, 0.25) is 0 Å². The summed E-state index contributed by atoms with van der Waals surface area (Å²) in [6, 6.07) is 7.43.